The largest absolute Gasteiger partial charge is 0.481 e. The van der Waals surface area contributed by atoms with E-state index in [-0.39, 0.29) is 5.92 Å². The first-order valence-corrected chi connectivity index (χ1v) is 7.96. The van der Waals surface area contributed by atoms with Crippen LogP contribution in [-0.2, 0) is 11.3 Å². The third-order valence-electron chi connectivity index (χ3n) is 5.04. The monoisotopic (exact) mass is 288 g/mol. The summed E-state index contributed by atoms with van der Waals surface area (Å²) in [4.78, 5) is 16.5. The molecule has 1 aromatic rings. The molecule has 0 spiro atoms. The zero-order valence-electron chi connectivity index (χ0n) is 12.7. The van der Waals surface area contributed by atoms with Gasteiger partial charge in [-0.2, -0.15) is 0 Å². The van der Waals surface area contributed by atoms with Gasteiger partial charge in [-0.1, -0.05) is 31.2 Å². The molecule has 0 aromatic heterocycles. The molecule has 1 N–H and O–H groups in total. The Hall–Kier alpha value is -1.39. The van der Waals surface area contributed by atoms with Crippen molar-refractivity contribution in [3.05, 3.63) is 35.4 Å². The lowest BCUT2D eigenvalue weighted by atomic mass is 9.88. The molecule has 2 heterocycles. The van der Waals surface area contributed by atoms with Crippen molar-refractivity contribution in [1.82, 2.24) is 9.80 Å². The lowest BCUT2D eigenvalue weighted by molar-refractivity contribution is -0.140. The number of rotatable bonds is 3. The van der Waals surface area contributed by atoms with Gasteiger partial charge in [0, 0.05) is 19.1 Å². The maximum Gasteiger partial charge on any atom is 0.312 e. The standard InChI is InChI=1S/C17H24N2O2/c1-2-18-9-7-14(8-10-18)19-11-13-5-3-4-6-15(13)16(12-19)17(20)21/h3-6,14,16H,2,7-12H2,1H3,(H,20,21). The fourth-order valence-corrected chi connectivity index (χ4v) is 3.72. The summed E-state index contributed by atoms with van der Waals surface area (Å²) in [6, 6.07) is 8.55. The molecule has 4 nitrogen and oxygen atoms in total. The van der Waals surface area contributed by atoms with Crippen LogP contribution < -0.4 is 0 Å². The molecule has 2 aliphatic rings. The normalized spacial score (nSPS) is 24.7. The van der Waals surface area contributed by atoms with Crippen LogP contribution in [0.4, 0.5) is 0 Å². The number of carbonyl (C=O) groups is 1. The number of piperidine rings is 1. The van der Waals surface area contributed by atoms with Crippen molar-refractivity contribution in [1.29, 1.82) is 0 Å². The molecule has 114 valence electrons. The summed E-state index contributed by atoms with van der Waals surface area (Å²) >= 11 is 0. The Kier molecular flexibility index (Phi) is 4.27. The number of carboxylic acids is 1. The highest BCUT2D eigenvalue weighted by molar-refractivity contribution is 5.77. The predicted octanol–water partition coefficient (Wildman–Crippen LogP) is 2.15. The molecule has 21 heavy (non-hydrogen) atoms. The minimum absolute atomic E-state index is 0.376. The first-order chi connectivity index (χ1) is 10.2. The lowest BCUT2D eigenvalue weighted by Gasteiger charge is -2.42. The summed E-state index contributed by atoms with van der Waals surface area (Å²) in [7, 11) is 0. The summed E-state index contributed by atoms with van der Waals surface area (Å²) < 4.78 is 0. The zero-order valence-corrected chi connectivity index (χ0v) is 12.7. The molecule has 1 saturated heterocycles. The van der Waals surface area contributed by atoms with Crippen LogP contribution >= 0.6 is 0 Å². The van der Waals surface area contributed by atoms with E-state index in [2.05, 4.69) is 22.8 Å². The van der Waals surface area contributed by atoms with Crippen molar-refractivity contribution >= 4 is 5.97 Å². The highest BCUT2D eigenvalue weighted by atomic mass is 16.4. The second-order valence-electron chi connectivity index (χ2n) is 6.18. The third kappa shape index (κ3) is 2.97. The SMILES string of the molecule is CCN1CCC(N2Cc3ccccc3C(C(=O)O)C2)CC1. The smallest absolute Gasteiger partial charge is 0.312 e. The molecular weight excluding hydrogens is 264 g/mol. The van der Waals surface area contributed by atoms with E-state index in [1.54, 1.807) is 0 Å². The number of aliphatic carboxylic acids is 1. The van der Waals surface area contributed by atoms with Crippen molar-refractivity contribution in [3.8, 4) is 0 Å². The molecule has 1 aromatic carbocycles. The lowest BCUT2D eigenvalue weighted by Crippen LogP contribution is -2.48. The van der Waals surface area contributed by atoms with Crippen molar-refractivity contribution < 1.29 is 9.90 Å². The van der Waals surface area contributed by atoms with Crippen LogP contribution in [0.1, 0.15) is 36.8 Å². The van der Waals surface area contributed by atoms with Gasteiger partial charge < -0.3 is 10.0 Å². The molecule has 1 atom stereocenters. The highest BCUT2D eigenvalue weighted by Crippen LogP contribution is 2.31. The van der Waals surface area contributed by atoms with Gasteiger partial charge in [0.25, 0.3) is 0 Å². The van der Waals surface area contributed by atoms with E-state index in [4.69, 9.17) is 0 Å². The molecule has 2 aliphatic heterocycles. The molecule has 0 aliphatic carbocycles. The Morgan fingerprint density at radius 1 is 1.29 bits per heavy atom. The minimum atomic E-state index is -0.696. The fourth-order valence-electron chi connectivity index (χ4n) is 3.72. The number of carboxylic acid groups (broad SMARTS) is 1. The average molecular weight is 288 g/mol. The Balaban J connectivity index is 1.76. The van der Waals surface area contributed by atoms with E-state index in [9.17, 15) is 9.90 Å². The van der Waals surface area contributed by atoms with Crippen LogP contribution in [0.25, 0.3) is 0 Å². The highest BCUT2D eigenvalue weighted by Gasteiger charge is 2.34. The number of hydrogen-bond donors (Lipinski definition) is 1. The molecule has 1 fully saturated rings. The van der Waals surface area contributed by atoms with Crippen molar-refractivity contribution in [3.63, 3.8) is 0 Å². The van der Waals surface area contributed by atoms with E-state index >= 15 is 0 Å². The molecule has 0 amide bonds. The van der Waals surface area contributed by atoms with Crippen LogP contribution in [0, 0.1) is 0 Å². The average Bonchev–Trinajstić information content (AvgIpc) is 2.53. The van der Waals surface area contributed by atoms with Gasteiger partial charge in [-0.05, 0) is 43.6 Å². The first-order valence-electron chi connectivity index (χ1n) is 7.96. The predicted molar refractivity (Wildman–Crippen MR) is 82.4 cm³/mol. The number of likely N-dealkylation sites (tertiary alicyclic amines) is 1. The zero-order chi connectivity index (χ0) is 14.8. The van der Waals surface area contributed by atoms with E-state index in [1.807, 2.05) is 18.2 Å². The number of benzene rings is 1. The number of nitrogens with zero attached hydrogens (tertiary/aromatic N) is 2. The maximum atomic E-state index is 11.6. The van der Waals surface area contributed by atoms with Crippen LogP contribution in [0.5, 0.6) is 0 Å². The van der Waals surface area contributed by atoms with Gasteiger partial charge in [-0.25, -0.2) is 0 Å². The quantitative estimate of drug-likeness (QED) is 0.925. The van der Waals surface area contributed by atoms with Crippen molar-refractivity contribution in [2.24, 2.45) is 0 Å². The number of fused-ring (bicyclic) bond motifs is 1. The van der Waals surface area contributed by atoms with Gasteiger partial charge >= 0.3 is 5.97 Å². The summed E-state index contributed by atoms with van der Waals surface area (Å²) in [6.07, 6.45) is 2.31. The van der Waals surface area contributed by atoms with Crippen molar-refractivity contribution in [2.75, 3.05) is 26.2 Å². The topological polar surface area (TPSA) is 43.8 Å². The van der Waals surface area contributed by atoms with Crippen LogP contribution in [0.15, 0.2) is 24.3 Å². The van der Waals surface area contributed by atoms with Gasteiger partial charge in [0.15, 0.2) is 0 Å². The second kappa shape index (κ2) is 6.16. The van der Waals surface area contributed by atoms with Crippen LogP contribution in [0.2, 0.25) is 0 Å². The van der Waals surface area contributed by atoms with E-state index in [1.165, 1.54) is 5.56 Å². The minimum Gasteiger partial charge on any atom is -0.481 e. The van der Waals surface area contributed by atoms with E-state index in [0.29, 0.717) is 12.6 Å². The van der Waals surface area contributed by atoms with E-state index < -0.39 is 5.97 Å². The second-order valence-corrected chi connectivity index (χ2v) is 6.18. The summed E-state index contributed by atoms with van der Waals surface area (Å²) in [5.41, 5.74) is 2.20. The molecule has 0 radical (unpaired) electrons. The number of hydrogen-bond acceptors (Lipinski definition) is 3. The van der Waals surface area contributed by atoms with Gasteiger partial charge in [0.2, 0.25) is 0 Å². The summed E-state index contributed by atoms with van der Waals surface area (Å²) in [5.74, 6) is -1.07. The summed E-state index contributed by atoms with van der Waals surface area (Å²) in [6.45, 7) is 7.15. The summed E-state index contributed by atoms with van der Waals surface area (Å²) in [5, 5.41) is 9.55. The van der Waals surface area contributed by atoms with Crippen molar-refractivity contribution in [2.45, 2.75) is 38.3 Å². The van der Waals surface area contributed by atoms with Crippen LogP contribution in [-0.4, -0.2) is 53.1 Å². The molecule has 1 unspecified atom stereocenters. The molecule has 0 bridgehead atoms. The Labute approximate surface area is 126 Å². The molecule has 3 rings (SSSR count). The Morgan fingerprint density at radius 3 is 2.67 bits per heavy atom. The van der Waals surface area contributed by atoms with E-state index in [0.717, 1.165) is 44.6 Å². The first kappa shape index (κ1) is 14.5. The third-order valence-corrected chi connectivity index (χ3v) is 5.04. The van der Waals surface area contributed by atoms with Crippen LogP contribution in [0.3, 0.4) is 0 Å². The molecular formula is C17H24N2O2. The van der Waals surface area contributed by atoms with Gasteiger partial charge in [-0.15, -0.1) is 0 Å². The van der Waals surface area contributed by atoms with Gasteiger partial charge in [-0.3, -0.25) is 9.69 Å². The molecule has 4 heteroatoms. The maximum absolute atomic E-state index is 11.6. The van der Waals surface area contributed by atoms with Gasteiger partial charge in [0.05, 0.1) is 5.92 Å². The fraction of sp³-hybridized carbons (Fsp3) is 0.588. The Bertz CT molecular complexity index is 509. The van der Waals surface area contributed by atoms with Gasteiger partial charge in [0.1, 0.15) is 0 Å². The Morgan fingerprint density at radius 2 is 2.00 bits per heavy atom. The molecule has 0 saturated carbocycles.